The molecule has 0 aliphatic rings. The molecule has 1 rings (SSSR count). The molecule has 0 aliphatic carbocycles. The molecule has 124 valence electrons. The molecule has 0 unspecified atom stereocenters. The first-order valence-corrected chi connectivity index (χ1v) is 6.35. The van der Waals surface area contributed by atoms with Gasteiger partial charge in [-0.05, 0) is 6.92 Å². The average molecular weight is 323 g/mol. The SMILES string of the molecule is CON=C/C(C)=N/OCc1ncncc1/C(=N\OC)C(=O)OC. The van der Waals surface area contributed by atoms with Gasteiger partial charge in [-0.1, -0.05) is 15.5 Å². The van der Waals surface area contributed by atoms with E-state index in [0.717, 1.165) is 0 Å². The van der Waals surface area contributed by atoms with Crippen molar-refractivity contribution >= 4 is 23.6 Å². The van der Waals surface area contributed by atoms with Crippen molar-refractivity contribution in [1.82, 2.24) is 9.97 Å². The number of aromatic nitrogens is 2. The van der Waals surface area contributed by atoms with E-state index in [-0.39, 0.29) is 12.3 Å². The van der Waals surface area contributed by atoms with Gasteiger partial charge in [0.1, 0.15) is 20.5 Å². The summed E-state index contributed by atoms with van der Waals surface area (Å²) >= 11 is 0. The monoisotopic (exact) mass is 323 g/mol. The van der Waals surface area contributed by atoms with Gasteiger partial charge in [-0.3, -0.25) is 0 Å². The summed E-state index contributed by atoms with van der Waals surface area (Å²) in [6.07, 6.45) is 4.10. The van der Waals surface area contributed by atoms with E-state index in [1.54, 1.807) is 6.92 Å². The first-order valence-electron chi connectivity index (χ1n) is 6.35. The molecule has 1 aromatic heterocycles. The van der Waals surface area contributed by atoms with Gasteiger partial charge in [0.05, 0.1) is 30.3 Å². The van der Waals surface area contributed by atoms with Crippen LogP contribution >= 0.6 is 0 Å². The minimum atomic E-state index is -0.685. The largest absolute Gasteiger partial charge is 0.464 e. The Morgan fingerprint density at radius 2 is 2.04 bits per heavy atom. The highest BCUT2D eigenvalue weighted by Gasteiger charge is 2.20. The summed E-state index contributed by atoms with van der Waals surface area (Å²) in [5.74, 6) is -0.685. The number of methoxy groups -OCH3 is 1. The van der Waals surface area contributed by atoms with Gasteiger partial charge < -0.3 is 19.2 Å². The fourth-order valence-corrected chi connectivity index (χ4v) is 1.40. The van der Waals surface area contributed by atoms with E-state index < -0.39 is 5.97 Å². The van der Waals surface area contributed by atoms with Crippen molar-refractivity contribution in [3.63, 3.8) is 0 Å². The van der Waals surface area contributed by atoms with Crippen LogP contribution in [0.2, 0.25) is 0 Å². The van der Waals surface area contributed by atoms with Gasteiger partial charge in [0.25, 0.3) is 0 Å². The Morgan fingerprint density at radius 3 is 2.70 bits per heavy atom. The molecular weight excluding hydrogens is 306 g/mol. The van der Waals surface area contributed by atoms with Crippen molar-refractivity contribution in [2.24, 2.45) is 15.5 Å². The lowest BCUT2D eigenvalue weighted by Gasteiger charge is -2.07. The Hall–Kier alpha value is -3.04. The summed E-state index contributed by atoms with van der Waals surface area (Å²) in [5, 5.41) is 11.0. The fourth-order valence-electron chi connectivity index (χ4n) is 1.40. The number of carbonyl (C=O) groups excluding carboxylic acids is 1. The zero-order valence-corrected chi connectivity index (χ0v) is 13.2. The Kier molecular flexibility index (Phi) is 7.69. The number of hydrogen-bond acceptors (Lipinski definition) is 10. The number of nitrogens with zero attached hydrogens (tertiary/aromatic N) is 5. The Bertz CT molecular complexity index is 615. The quantitative estimate of drug-likeness (QED) is 0.389. The smallest absolute Gasteiger partial charge is 0.360 e. The van der Waals surface area contributed by atoms with Gasteiger partial charge >= 0.3 is 5.97 Å². The summed E-state index contributed by atoms with van der Waals surface area (Å²) in [6, 6.07) is 0. The second-order valence-corrected chi connectivity index (χ2v) is 3.92. The summed E-state index contributed by atoms with van der Waals surface area (Å²) in [7, 11) is 3.96. The summed E-state index contributed by atoms with van der Waals surface area (Å²) in [6.45, 7) is 1.66. The third-order valence-electron chi connectivity index (χ3n) is 2.37. The lowest BCUT2D eigenvalue weighted by Crippen LogP contribution is -2.20. The second kappa shape index (κ2) is 9.82. The highest BCUT2D eigenvalue weighted by atomic mass is 16.6. The first-order chi connectivity index (χ1) is 11.1. The molecule has 0 atom stereocenters. The molecule has 0 aliphatic heterocycles. The van der Waals surface area contributed by atoms with Crippen molar-refractivity contribution < 1.29 is 24.0 Å². The van der Waals surface area contributed by atoms with Gasteiger partial charge in [-0.15, -0.1) is 0 Å². The van der Waals surface area contributed by atoms with Crippen LogP contribution in [-0.4, -0.2) is 54.9 Å². The van der Waals surface area contributed by atoms with E-state index >= 15 is 0 Å². The molecule has 23 heavy (non-hydrogen) atoms. The molecule has 0 saturated carbocycles. The number of ether oxygens (including phenoxy) is 1. The second-order valence-electron chi connectivity index (χ2n) is 3.92. The van der Waals surface area contributed by atoms with Gasteiger partial charge in [0.2, 0.25) is 0 Å². The number of hydrogen-bond donors (Lipinski definition) is 0. The van der Waals surface area contributed by atoms with Crippen LogP contribution in [0, 0.1) is 0 Å². The van der Waals surface area contributed by atoms with Crippen molar-refractivity contribution in [2.45, 2.75) is 13.5 Å². The summed E-state index contributed by atoms with van der Waals surface area (Å²) in [5.41, 5.74) is 1.12. The fraction of sp³-hybridized carbons (Fsp3) is 0.385. The zero-order chi connectivity index (χ0) is 17.1. The van der Waals surface area contributed by atoms with Gasteiger partial charge in [0, 0.05) is 6.20 Å². The Balaban J connectivity index is 2.95. The minimum absolute atomic E-state index is 0.0181. The molecule has 0 aromatic carbocycles. The molecule has 1 heterocycles. The molecule has 10 heteroatoms. The predicted molar refractivity (Wildman–Crippen MR) is 81.0 cm³/mol. The molecule has 0 spiro atoms. The van der Waals surface area contributed by atoms with Gasteiger partial charge in [-0.2, -0.15) is 0 Å². The van der Waals surface area contributed by atoms with Crippen molar-refractivity contribution in [3.8, 4) is 0 Å². The third-order valence-corrected chi connectivity index (χ3v) is 2.37. The molecule has 0 N–H and O–H groups in total. The van der Waals surface area contributed by atoms with Crippen LogP contribution < -0.4 is 0 Å². The lowest BCUT2D eigenvalue weighted by molar-refractivity contribution is -0.132. The molecule has 0 radical (unpaired) electrons. The number of carbonyl (C=O) groups is 1. The number of esters is 1. The molecule has 0 saturated heterocycles. The van der Waals surface area contributed by atoms with Crippen LogP contribution in [0.25, 0.3) is 0 Å². The van der Waals surface area contributed by atoms with E-state index in [1.807, 2.05) is 0 Å². The Morgan fingerprint density at radius 1 is 1.26 bits per heavy atom. The van der Waals surface area contributed by atoms with Crippen LogP contribution in [0.15, 0.2) is 28.0 Å². The van der Waals surface area contributed by atoms with Gasteiger partial charge in [-0.25, -0.2) is 14.8 Å². The van der Waals surface area contributed by atoms with E-state index in [1.165, 1.54) is 40.1 Å². The lowest BCUT2D eigenvalue weighted by atomic mass is 10.1. The maximum absolute atomic E-state index is 11.8. The minimum Gasteiger partial charge on any atom is -0.464 e. The molecule has 0 bridgehead atoms. The maximum Gasteiger partial charge on any atom is 0.360 e. The average Bonchev–Trinajstić information content (AvgIpc) is 2.57. The van der Waals surface area contributed by atoms with E-state index in [9.17, 15) is 4.79 Å². The number of rotatable bonds is 8. The summed E-state index contributed by atoms with van der Waals surface area (Å²) < 4.78 is 4.66. The van der Waals surface area contributed by atoms with Crippen molar-refractivity contribution in [2.75, 3.05) is 21.3 Å². The third kappa shape index (κ3) is 5.69. The Labute approximate surface area is 132 Å². The topological polar surface area (TPSA) is 117 Å². The molecule has 0 fully saturated rings. The van der Waals surface area contributed by atoms with E-state index in [2.05, 4.69) is 39.8 Å². The number of oxime groups is 3. The van der Waals surface area contributed by atoms with Crippen LogP contribution in [0.1, 0.15) is 18.2 Å². The highest BCUT2D eigenvalue weighted by Crippen LogP contribution is 2.09. The molecule has 0 amide bonds. The molecular formula is C13H17N5O5. The molecule has 1 aromatic rings. The standard InChI is InChI=1S/C13H17N5O5/c1-9(5-16-21-3)17-23-7-11-10(6-14-8-15-11)12(18-22-4)13(19)20-2/h5-6,8H,7H2,1-4H3/b16-5?,17-9+,18-12+. The van der Waals surface area contributed by atoms with Crippen molar-refractivity contribution in [3.05, 3.63) is 23.8 Å². The predicted octanol–water partition coefficient (Wildman–Crippen LogP) is 0.525. The summed E-state index contributed by atoms with van der Waals surface area (Å²) in [4.78, 5) is 34.0. The van der Waals surface area contributed by atoms with Crippen LogP contribution in [0.4, 0.5) is 0 Å². The van der Waals surface area contributed by atoms with Crippen molar-refractivity contribution in [1.29, 1.82) is 0 Å². The van der Waals surface area contributed by atoms with Crippen LogP contribution in [-0.2, 0) is 30.7 Å². The normalized spacial score (nSPS) is 12.2. The van der Waals surface area contributed by atoms with Crippen LogP contribution in [0.3, 0.4) is 0 Å². The van der Waals surface area contributed by atoms with Crippen LogP contribution in [0.5, 0.6) is 0 Å². The first kappa shape index (κ1) is 18.0. The zero-order valence-electron chi connectivity index (χ0n) is 13.2. The highest BCUT2D eigenvalue weighted by molar-refractivity contribution is 6.43. The van der Waals surface area contributed by atoms with E-state index in [4.69, 9.17) is 4.84 Å². The molecule has 10 nitrogen and oxygen atoms in total. The van der Waals surface area contributed by atoms with E-state index in [0.29, 0.717) is 17.0 Å². The maximum atomic E-state index is 11.8. The van der Waals surface area contributed by atoms with Gasteiger partial charge in [0.15, 0.2) is 12.3 Å².